The highest BCUT2D eigenvalue weighted by molar-refractivity contribution is 7.89. The molecule has 1 heterocycles. The van der Waals surface area contributed by atoms with Crippen molar-refractivity contribution in [3.05, 3.63) is 114 Å². The van der Waals surface area contributed by atoms with Crippen LogP contribution >= 0.6 is 12.2 Å². The summed E-state index contributed by atoms with van der Waals surface area (Å²) in [5.74, 6) is -1.23. The Morgan fingerprint density at radius 3 is 2.10 bits per heavy atom. The molecule has 5 aromatic rings. The van der Waals surface area contributed by atoms with E-state index in [1.54, 1.807) is 6.07 Å². The number of fused-ring (bicyclic) bond motifs is 3. The number of sulfonamides is 1. The third kappa shape index (κ3) is 6.96. The second-order valence-electron chi connectivity index (χ2n) is 9.92. The summed E-state index contributed by atoms with van der Waals surface area (Å²) in [5, 5.41) is 18.2. The van der Waals surface area contributed by atoms with Crippen LogP contribution in [0.25, 0.3) is 21.9 Å². The number of furan rings is 1. The second kappa shape index (κ2) is 13.2. The van der Waals surface area contributed by atoms with Crippen LogP contribution in [0.4, 0.5) is 0 Å². The Morgan fingerprint density at radius 1 is 0.810 bits per heavy atom. The largest absolute Gasteiger partial charge is 0.480 e. The molecule has 1 unspecified atom stereocenters. The first kappa shape index (κ1) is 29.2. The highest BCUT2D eigenvalue weighted by Gasteiger charge is 2.26. The van der Waals surface area contributed by atoms with E-state index in [4.69, 9.17) is 16.6 Å². The van der Waals surface area contributed by atoms with E-state index >= 15 is 0 Å². The summed E-state index contributed by atoms with van der Waals surface area (Å²) in [7, 11) is -4.08. The molecular formula is C32H31N3O5S2. The highest BCUT2D eigenvalue weighted by Crippen LogP contribution is 2.30. The van der Waals surface area contributed by atoms with E-state index in [0.29, 0.717) is 41.1 Å². The number of nitrogens with one attached hydrogen (secondary N) is 3. The summed E-state index contributed by atoms with van der Waals surface area (Å²) in [5.41, 5.74) is 3.36. The maximum Gasteiger partial charge on any atom is 0.321 e. The minimum absolute atomic E-state index is 0.0164. The molecule has 0 amide bonds. The Balaban J connectivity index is 1.15. The minimum Gasteiger partial charge on any atom is -0.480 e. The van der Waals surface area contributed by atoms with Gasteiger partial charge in [-0.2, -0.15) is 4.72 Å². The van der Waals surface area contributed by atoms with Gasteiger partial charge in [0.1, 0.15) is 17.2 Å². The van der Waals surface area contributed by atoms with Crippen LogP contribution in [0.2, 0.25) is 0 Å². The lowest BCUT2D eigenvalue weighted by molar-refractivity contribution is -0.139. The topological polar surface area (TPSA) is 121 Å². The molecule has 0 radical (unpaired) electrons. The molecule has 4 aromatic carbocycles. The molecule has 0 aliphatic carbocycles. The summed E-state index contributed by atoms with van der Waals surface area (Å²) >= 11 is 5.54. The van der Waals surface area contributed by atoms with Crippen molar-refractivity contribution in [2.24, 2.45) is 0 Å². The Hall–Kier alpha value is -4.25. The van der Waals surface area contributed by atoms with Crippen LogP contribution in [0.15, 0.2) is 112 Å². The second-order valence-corrected chi connectivity index (χ2v) is 12.0. The number of benzene rings is 4. The molecule has 0 bridgehead atoms. The van der Waals surface area contributed by atoms with Gasteiger partial charge in [-0.15, -0.1) is 0 Å². The standard InChI is InChI=1S/C32H31N3O5S2/c36-31(37)27(35-42(38,39)24-18-19-29-26(21-24)25-15-7-8-17-28(25)40-29)16-9-10-20-33-32(41)34-30(22-11-3-1-4-12-22)23-13-5-2-6-14-23/h1-8,11-15,17-19,21,27,30,35H,9-10,16,20H2,(H,36,37)(H2,33,34,41). The van der Waals surface area contributed by atoms with Gasteiger partial charge >= 0.3 is 5.97 Å². The fourth-order valence-corrected chi connectivity index (χ4v) is 6.34. The van der Waals surface area contributed by atoms with Crippen LogP contribution in [0, 0.1) is 0 Å². The van der Waals surface area contributed by atoms with E-state index in [1.165, 1.54) is 12.1 Å². The lowest BCUT2D eigenvalue weighted by Gasteiger charge is -2.22. The van der Waals surface area contributed by atoms with Gasteiger partial charge in [0.25, 0.3) is 0 Å². The van der Waals surface area contributed by atoms with Crippen LogP contribution in [0.1, 0.15) is 36.4 Å². The van der Waals surface area contributed by atoms with E-state index in [9.17, 15) is 18.3 Å². The Morgan fingerprint density at radius 2 is 1.43 bits per heavy atom. The van der Waals surface area contributed by atoms with Crippen molar-refractivity contribution < 1.29 is 22.7 Å². The van der Waals surface area contributed by atoms with E-state index in [2.05, 4.69) is 15.4 Å². The number of hydrogen-bond donors (Lipinski definition) is 4. The summed E-state index contributed by atoms with van der Waals surface area (Å²) < 4.78 is 34.4. The number of rotatable bonds is 12. The fraction of sp³-hybridized carbons (Fsp3) is 0.188. The predicted molar refractivity (Wildman–Crippen MR) is 168 cm³/mol. The molecule has 10 heteroatoms. The van der Waals surface area contributed by atoms with Crippen LogP contribution in [0.3, 0.4) is 0 Å². The van der Waals surface area contributed by atoms with Gasteiger partial charge in [-0.1, -0.05) is 78.9 Å². The molecule has 216 valence electrons. The van der Waals surface area contributed by atoms with E-state index in [1.807, 2.05) is 84.9 Å². The third-order valence-corrected chi connectivity index (χ3v) is 8.73. The highest BCUT2D eigenvalue weighted by atomic mass is 32.2. The van der Waals surface area contributed by atoms with Gasteiger partial charge < -0.3 is 20.2 Å². The van der Waals surface area contributed by atoms with Gasteiger partial charge in [0, 0.05) is 17.3 Å². The molecular weight excluding hydrogens is 571 g/mol. The minimum atomic E-state index is -4.08. The van der Waals surface area contributed by atoms with Crippen LogP contribution < -0.4 is 15.4 Å². The normalized spacial score (nSPS) is 12.4. The van der Waals surface area contributed by atoms with Crippen molar-refractivity contribution in [3.63, 3.8) is 0 Å². The van der Waals surface area contributed by atoms with Gasteiger partial charge in [-0.3, -0.25) is 4.79 Å². The number of aliphatic carboxylic acids is 1. The van der Waals surface area contributed by atoms with Crippen molar-refractivity contribution in [3.8, 4) is 0 Å². The SMILES string of the molecule is O=C(O)C(CCCCNC(=S)NC(c1ccccc1)c1ccccc1)NS(=O)(=O)c1ccc2oc3ccccc3c2c1. The quantitative estimate of drug-likeness (QED) is 0.106. The zero-order valence-electron chi connectivity index (χ0n) is 22.7. The Kier molecular flexibility index (Phi) is 9.16. The number of para-hydroxylation sites is 1. The van der Waals surface area contributed by atoms with Crippen molar-refractivity contribution in [2.75, 3.05) is 6.54 Å². The van der Waals surface area contributed by atoms with E-state index in [-0.39, 0.29) is 17.4 Å². The lowest BCUT2D eigenvalue weighted by Crippen LogP contribution is -2.41. The smallest absolute Gasteiger partial charge is 0.321 e. The van der Waals surface area contributed by atoms with E-state index < -0.39 is 22.0 Å². The van der Waals surface area contributed by atoms with Crippen LogP contribution in [-0.4, -0.2) is 37.2 Å². The number of carboxylic acid groups (broad SMARTS) is 1. The van der Waals surface area contributed by atoms with Crippen molar-refractivity contribution >= 4 is 55.3 Å². The average Bonchev–Trinajstić information content (AvgIpc) is 3.38. The first-order chi connectivity index (χ1) is 20.3. The van der Waals surface area contributed by atoms with Crippen LogP contribution in [0.5, 0.6) is 0 Å². The summed E-state index contributed by atoms with van der Waals surface area (Å²) in [6, 6.07) is 30.5. The maximum absolute atomic E-state index is 13.1. The van der Waals surface area contributed by atoms with Gasteiger partial charge in [-0.25, -0.2) is 8.42 Å². The summed E-state index contributed by atoms with van der Waals surface area (Å²) in [4.78, 5) is 11.9. The van der Waals surface area contributed by atoms with Gasteiger partial charge in [0.15, 0.2) is 5.11 Å². The van der Waals surface area contributed by atoms with Crippen molar-refractivity contribution in [1.82, 2.24) is 15.4 Å². The van der Waals surface area contributed by atoms with Gasteiger partial charge in [0.2, 0.25) is 10.0 Å². The first-order valence-electron chi connectivity index (χ1n) is 13.6. The molecule has 0 fully saturated rings. The molecule has 1 aromatic heterocycles. The number of carbonyl (C=O) groups is 1. The monoisotopic (exact) mass is 601 g/mol. The van der Waals surface area contributed by atoms with Crippen molar-refractivity contribution in [2.45, 2.75) is 36.2 Å². The zero-order chi connectivity index (χ0) is 29.5. The molecule has 1 atom stereocenters. The number of thiocarbonyl (C=S) groups is 1. The molecule has 5 rings (SSSR count). The summed E-state index contributed by atoms with van der Waals surface area (Å²) in [6.07, 6.45) is 1.20. The molecule has 0 spiro atoms. The lowest BCUT2D eigenvalue weighted by atomic mass is 9.99. The first-order valence-corrected chi connectivity index (χ1v) is 15.5. The predicted octanol–water partition coefficient (Wildman–Crippen LogP) is 5.74. The number of unbranched alkanes of at least 4 members (excludes halogenated alkanes) is 1. The van der Waals surface area contributed by atoms with Crippen LogP contribution in [-0.2, 0) is 14.8 Å². The molecule has 0 aliphatic rings. The zero-order valence-corrected chi connectivity index (χ0v) is 24.3. The fourth-order valence-electron chi connectivity index (χ4n) is 4.87. The molecule has 0 saturated heterocycles. The Bertz CT molecular complexity index is 1750. The van der Waals surface area contributed by atoms with Gasteiger partial charge in [0.05, 0.1) is 10.9 Å². The molecule has 0 aliphatic heterocycles. The maximum atomic E-state index is 13.1. The Labute approximate surface area is 249 Å². The van der Waals surface area contributed by atoms with Crippen molar-refractivity contribution in [1.29, 1.82) is 0 Å². The summed E-state index contributed by atoms with van der Waals surface area (Å²) in [6.45, 7) is 0.505. The molecule has 0 saturated carbocycles. The average molecular weight is 602 g/mol. The number of carboxylic acids is 1. The third-order valence-electron chi connectivity index (χ3n) is 7.00. The van der Waals surface area contributed by atoms with E-state index in [0.717, 1.165) is 16.5 Å². The molecule has 42 heavy (non-hydrogen) atoms. The van der Waals surface area contributed by atoms with Gasteiger partial charge in [-0.05, 0) is 66.9 Å². The molecule has 4 N–H and O–H groups in total. The molecule has 8 nitrogen and oxygen atoms in total. The number of hydrogen-bond acceptors (Lipinski definition) is 5.